The van der Waals surface area contributed by atoms with Gasteiger partial charge in [-0.2, -0.15) is 0 Å². The average Bonchev–Trinajstić information content (AvgIpc) is 2.47. The third kappa shape index (κ3) is 3.85. The number of carbonyl (C=O) groups excluding carboxylic acids is 1. The summed E-state index contributed by atoms with van der Waals surface area (Å²) < 4.78 is 0. The van der Waals surface area contributed by atoms with Crippen molar-refractivity contribution >= 4 is 11.9 Å². The third-order valence-electron chi connectivity index (χ3n) is 4.56. The molecule has 120 valence electrons. The van der Waals surface area contributed by atoms with Gasteiger partial charge in [-0.25, -0.2) is 0 Å². The van der Waals surface area contributed by atoms with Crippen LogP contribution in [0.3, 0.4) is 0 Å². The zero-order valence-electron chi connectivity index (χ0n) is 12.6. The first kappa shape index (κ1) is 16.5. The minimum Gasteiger partial charge on any atom is -0.481 e. The molecular formula is C17H23NO4. The van der Waals surface area contributed by atoms with Crippen LogP contribution in [0.25, 0.3) is 0 Å². The second-order valence-corrected chi connectivity index (χ2v) is 6.04. The van der Waals surface area contributed by atoms with Crippen molar-refractivity contribution in [1.82, 2.24) is 5.32 Å². The number of carboxylic acids is 1. The number of aliphatic hydroxyl groups is 1. The highest BCUT2D eigenvalue weighted by Gasteiger charge is 2.45. The molecule has 0 heterocycles. The van der Waals surface area contributed by atoms with Crippen LogP contribution in [0, 0.1) is 5.41 Å². The van der Waals surface area contributed by atoms with Crippen molar-refractivity contribution in [2.75, 3.05) is 13.2 Å². The van der Waals surface area contributed by atoms with E-state index < -0.39 is 11.4 Å². The van der Waals surface area contributed by atoms with Gasteiger partial charge in [-0.1, -0.05) is 36.8 Å². The highest BCUT2D eigenvalue weighted by Crippen LogP contribution is 2.44. The van der Waals surface area contributed by atoms with Crippen molar-refractivity contribution in [3.63, 3.8) is 0 Å². The molecule has 1 aromatic rings. The molecule has 0 aliphatic heterocycles. The van der Waals surface area contributed by atoms with E-state index >= 15 is 0 Å². The number of aliphatic carboxylic acids is 1. The zero-order valence-corrected chi connectivity index (χ0v) is 12.6. The summed E-state index contributed by atoms with van der Waals surface area (Å²) in [4.78, 5) is 23.3. The highest BCUT2D eigenvalue weighted by atomic mass is 16.4. The van der Waals surface area contributed by atoms with E-state index in [2.05, 4.69) is 5.32 Å². The minimum absolute atomic E-state index is 0.0392. The van der Waals surface area contributed by atoms with Crippen LogP contribution >= 0.6 is 0 Å². The molecule has 2 rings (SSSR count). The topological polar surface area (TPSA) is 86.6 Å². The van der Waals surface area contributed by atoms with Crippen molar-refractivity contribution in [3.8, 4) is 0 Å². The van der Waals surface area contributed by atoms with Crippen LogP contribution in [-0.4, -0.2) is 35.2 Å². The van der Waals surface area contributed by atoms with Gasteiger partial charge in [0.25, 0.3) is 0 Å². The van der Waals surface area contributed by atoms with Crippen LogP contribution in [0.5, 0.6) is 0 Å². The zero-order chi connectivity index (χ0) is 16.0. The molecule has 1 aliphatic rings. The van der Waals surface area contributed by atoms with Crippen LogP contribution < -0.4 is 5.32 Å². The fourth-order valence-corrected chi connectivity index (χ4v) is 2.94. The van der Waals surface area contributed by atoms with E-state index in [0.29, 0.717) is 25.8 Å². The molecule has 0 aromatic heterocycles. The minimum atomic E-state index is -0.871. The molecule has 5 heteroatoms. The number of rotatable bonds is 8. The standard InChI is InChI=1S/C17H23NO4/c19-10-7-14(13-5-2-1-3-6-13)12-18-15(20)11-17(16(21)22)8-4-9-17/h1-3,5-6,14,19H,4,7-12H2,(H,18,20)(H,21,22). The maximum Gasteiger partial charge on any atom is 0.310 e. The molecule has 1 saturated carbocycles. The lowest BCUT2D eigenvalue weighted by Crippen LogP contribution is -2.43. The number of benzene rings is 1. The molecule has 1 amide bonds. The summed E-state index contributed by atoms with van der Waals surface area (Å²) in [5.41, 5.74) is 0.206. The predicted octanol–water partition coefficient (Wildman–Crippen LogP) is 1.91. The summed E-state index contributed by atoms with van der Waals surface area (Å²) >= 11 is 0. The molecule has 22 heavy (non-hydrogen) atoms. The van der Waals surface area contributed by atoms with E-state index in [0.717, 1.165) is 12.0 Å². The van der Waals surface area contributed by atoms with Gasteiger partial charge < -0.3 is 15.5 Å². The molecule has 3 N–H and O–H groups in total. The molecule has 1 unspecified atom stereocenters. The van der Waals surface area contributed by atoms with Gasteiger partial charge in [0.05, 0.1) is 5.41 Å². The highest BCUT2D eigenvalue weighted by molar-refractivity contribution is 5.85. The first-order chi connectivity index (χ1) is 10.6. The van der Waals surface area contributed by atoms with Crippen LogP contribution in [-0.2, 0) is 9.59 Å². The van der Waals surface area contributed by atoms with Gasteiger partial charge in [-0.05, 0) is 24.8 Å². The number of carboxylic acid groups (broad SMARTS) is 1. The molecule has 1 atom stereocenters. The Morgan fingerprint density at radius 2 is 1.91 bits per heavy atom. The Hall–Kier alpha value is -1.88. The number of hydrogen-bond acceptors (Lipinski definition) is 3. The van der Waals surface area contributed by atoms with E-state index in [9.17, 15) is 19.8 Å². The van der Waals surface area contributed by atoms with Gasteiger partial charge in [-0.15, -0.1) is 0 Å². The molecule has 1 fully saturated rings. The van der Waals surface area contributed by atoms with E-state index in [4.69, 9.17) is 0 Å². The second-order valence-electron chi connectivity index (χ2n) is 6.04. The summed E-state index contributed by atoms with van der Waals surface area (Å²) in [6.07, 6.45) is 2.64. The summed E-state index contributed by atoms with van der Waals surface area (Å²) in [5, 5.41) is 21.3. The molecule has 0 bridgehead atoms. The van der Waals surface area contributed by atoms with Crippen LogP contribution in [0.1, 0.15) is 43.6 Å². The summed E-state index contributed by atoms with van der Waals surface area (Å²) in [6.45, 7) is 0.466. The van der Waals surface area contributed by atoms with Crippen molar-refractivity contribution in [1.29, 1.82) is 0 Å². The number of aliphatic hydroxyl groups excluding tert-OH is 1. The van der Waals surface area contributed by atoms with Crippen molar-refractivity contribution in [2.24, 2.45) is 5.41 Å². The Labute approximate surface area is 130 Å². The first-order valence-electron chi connectivity index (χ1n) is 7.73. The van der Waals surface area contributed by atoms with Gasteiger partial charge in [-0.3, -0.25) is 9.59 Å². The Morgan fingerprint density at radius 3 is 2.41 bits per heavy atom. The average molecular weight is 305 g/mol. The molecule has 0 radical (unpaired) electrons. The van der Waals surface area contributed by atoms with E-state index in [1.54, 1.807) is 0 Å². The maximum absolute atomic E-state index is 12.1. The Balaban J connectivity index is 1.89. The van der Waals surface area contributed by atoms with Crippen LogP contribution in [0.15, 0.2) is 30.3 Å². The van der Waals surface area contributed by atoms with Gasteiger partial charge in [0.2, 0.25) is 5.91 Å². The van der Waals surface area contributed by atoms with Crippen molar-refractivity contribution in [3.05, 3.63) is 35.9 Å². The van der Waals surface area contributed by atoms with Gasteiger partial charge in [0.1, 0.15) is 0 Å². The quantitative estimate of drug-likeness (QED) is 0.685. The number of hydrogen-bond donors (Lipinski definition) is 3. The maximum atomic E-state index is 12.1. The predicted molar refractivity (Wildman–Crippen MR) is 82.4 cm³/mol. The fourth-order valence-electron chi connectivity index (χ4n) is 2.94. The number of nitrogens with one attached hydrogen (secondary N) is 1. The molecular weight excluding hydrogens is 282 g/mol. The lowest BCUT2D eigenvalue weighted by molar-refractivity contribution is -0.157. The third-order valence-corrected chi connectivity index (χ3v) is 4.56. The van der Waals surface area contributed by atoms with E-state index in [-0.39, 0.29) is 24.9 Å². The molecule has 0 spiro atoms. The van der Waals surface area contributed by atoms with E-state index in [1.165, 1.54) is 0 Å². The van der Waals surface area contributed by atoms with Gasteiger partial charge >= 0.3 is 5.97 Å². The Morgan fingerprint density at radius 1 is 1.23 bits per heavy atom. The van der Waals surface area contributed by atoms with Crippen molar-refractivity contribution in [2.45, 2.75) is 38.0 Å². The van der Waals surface area contributed by atoms with Crippen LogP contribution in [0.2, 0.25) is 0 Å². The molecule has 5 nitrogen and oxygen atoms in total. The number of amides is 1. The second kappa shape index (κ2) is 7.40. The summed E-state index contributed by atoms with van der Waals surface area (Å²) in [6, 6.07) is 9.71. The first-order valence-corrected chi connectivity index (χ1v) is 7.73. The lowest BCUT2D eigenvalue weighted by atomic mass is 9.66. The Kier molecular flexibility index (Phi) is 5.55. The fraction of sp³-hybridized carbons (Fsp3) is 0.529. The molecule has 1 aromatic carbocycles. The molecule has 0 saturated heterocycles. The summed E-state index contributed by atoms with van der Waals surface area (Å²) in [7, 11) is 0. The smallest absolute Gasteiger partial charge is 0.310 e. The van der Waals surface area contributed by atoms with Gasteiger partial charge in [0.15, 0.2) is 0 Å². The SMILES string of the molecule is O=C(CC1(C(=O)O)CCC1)NCC(CCO)c1ccccc1. The van der Waals surface area contributed by atoms with Crippen LogP contribution in [0.4, 0.5) is 0 Å². The van der Waals surface area contributed by atoms with Gasteiger partial charge in [0, 0.05) is 25.5 Å². The van der Waals surface area contributed by atoms with Crippen molar-refractivity contribution < 1.29 is 19.8 Å². The monoisotopic (exact) mass is 305 g/mol. The largest absolute Gasteiger partial charge is 0.481 e. The Bertz CT molecular complexity index is 511. The lowest BCUT2D eigenvalue weighted by Gasteiger charge is -2.37. The van der Waals surface area contributed by atoms with E-state index in [1.807, 2.05) is 30.3 Å². The number of carbonyl (C=O) groups is 2. The molecule has 1 aliphatic carbocycles. The summed E-state index contributed by atoms with van der Waals surface area (Å²) in [5.74, 6) is -1.05. The normalized spacial score (nSPS) is 17.3.